The van der Waals surface area contributed by atoms with Crippen molar-refractivity contribution in [2.75, 3.05) is 11.9 Å². The molecule has 0 amide bonds. The lowest BCUT2D eigenvalue weighted by Gasteiger charge is -2.39. The van der Waals surface area contributed by atoms with Crippen LogP contribution in [0.15, 0.2) is 18.3 Å². The Morgan fingerprint density at radius 3 is 2.58 bits per heavy atom. The zero-order chi connectivity index (χ0) is 14.0. The number of aromatic nitrogens is 1. The van der Waals surface area contributed by atoms with Gasteiger partial charge in [0.05, 0.1) is 6.10 Å². The lowest BCUT2D eigenvalue weighted by atomic mass is 9.75. The first-order chi connectivity index (χ1) is 8.91. The van der Waals surface area contributed by atoms with Crippen molar-refractivity contribution in [3.8, 4) is 0 Å². The maximum atomic E-state index is 9.87. The number of hydrogen-bond donors (Lipinski definition) is 1. The molecule has 2 rings (SSSR count). The van der Waals surface area contributed by atoms with Crippen molar-refractivity contribution in [1.82, 2.24) is 4.98 Å². The molecule has 1 aliphatic carbocycles. The van der Waals surface area contributed by atoms with Gasteiger partial charge in [-0.15, -0.1) is 0 Å². The van der Waals surface area contributed by atoms with Crippen LogP contribution in [0.25, 0.3) is 0 Å². The molecule has 106 valence electrons. The van der Waals surface area contributed by atoms with Crippen LogP contribution in [0, 0.1) is 5.41 Å². The second-order valence-corrected chi connectivity index (χ2v) is 6.60. The van der Waals surface area contributed by atoms with Crippen molar-refractivity contribution in [1.29, 1.82) is 0 Å². The zero-order valence-electron chi connectivity index (χ0n) is 12.6. The van der Waals surface area contributed by atoms with E-state index in [-0.39, 0.29) is 0 Å². The molecule has 1 saturated carbocycles. The first kappa shape index (κ1) is 14.3. The number of aliphatic hydroxyl groups is 1. The predicted octanol–water partition coefficient (Wildman–Crippen LogP) is 3.54. The van der Waals surface area contributed by atoms with Crippen LogP contribution < -0.4 is 4.90 Å². The van der Waals surface area contributed by atoms with Crippen LogP contribution in [0.4, 0.5) is 5.82 Å². The number of aliphatic hydroxyl groups excluding tert-OH is 1. The minimum absolute atomic E-state index is 0.466. The summed E-state index contributed by atoms with van der Waals surface area (Å²) >= 11 is 0. The second kappa shape index (κ2) is 5.49. The Morgan fingerprint density at radius 2 is 2.00 bits per heavy atom. The van der Waals surface area contributed by atoms with Gasteiger partial charge < -0.3 is 10.0 Å². The first-order valence-corrected chi connectivity index (χ1v) is 7.26. The van der Waals surface area contributed by atoms with E-state index in [1.807, 2.05) is 18.3 Å². The molecule has 1 N–H and O–H groups in total. The molecule has 0 aromatic carbocycles. The van der Waals surface area contributed by atoms with Crippen LogP contribution >= 0.6 is 0 Å². The Hall–Kier alpha value is -1.09. The Morgan fingerprint density at radius 1 is 1.37 bits per heavy atom. The van der Waals surface area contributed by atoms with Crippen LogP contribution in [0.1, 0.15) is 58.1 Å². The van der Waals surface area contributed by atoms with Crippen molar-refractivity contribution in [2.45, 2.75) is 58.6 Å². The van der Waals surface area contributed by atoms with E-state index < -0.39 is 6.10 Å². The van der Waals surface area contributed by atoms with Gasteiger partial charge >= 0.3 is 0 Å². The van der Waals surface area contributed by atoms with Gasteiger partial charge in [-0.3, -0.25) is 0 Å². The molecule has 0 saturated heterocycles. The highest BCUT2D eigenvalue weighted by Crippen LogP contribution is 2.38. The molecule has 0 bridgehead atoms. The Balaban J connectivity index is 2.14. The van der Waals surface area contributed by atoms with E-state index in [2.05, 4.69) is 30.8 Å². The Kier molecular flexibility index (Phi) is 4.14. The molecule has 0 spiro atoms. The number of rotatable bonds is 3. The molecular weight excluding hydrogens is 236 g/mol. The molecule has 1 fully saturated rings. The number of nitrogens with zero attached hydrogens (tertiary/aromatic N) is 2. The third-order valence-corrected chi connectivity index (χ3v) is 4.46. The maximum absolute atomic E-state index is 9.87. The minimum atomic E-state index is -0.466. The molecule has 1 unspecified atom stereocenters. The molecule has 3 heteroatoms. The molecular formula is C16H26N2O. The van der Waals surface area contributed by atoms with Gasteiger partial charge in [-0.2, -0.15) is 0 Å². The summed E-state index contributed by atoms with van der Waals surface area (Å²) in [5, 5.41) is 9.87. The number of anilines is 1. The SMILES string of the molecule is CC(O)c1cccnc1N(C)C1CCC(C)(C)CC1. The molecule has 0 radical (unpaired) electrons. The van der Waals surface area contributed by atoms with Gasteiger partial charge in [0.15, 0.2) is 0 Å². The van der Waals surface area contributed by atoms with E-state index in [1.54, 1.807) is 6.92 Å². The fourth-order valence-electron chi connectivity index (χ4n) is 2.97. The average molecular weight is 262 g/mol. The fraction of sp³-hybridized carbons (Fsp3) is 0.688. The van der Waals surface area contributed by atoms with E-state index >= 15 is 0 Å². The van der Waals surface area contributed by atoms with E-state index in [9.17, 15) is 5.11 Å². The smallest absolute Gasteiger partial charge is 0.134 e. The van der Waals surface area contributed by atoms with Gasteiger partial charge in [0, 0.05) is 24.8 Å². The van der Waals surface area contributed by atoms with Crippen molar-refractivity contribution in [3.63, 3.8) is 0 Å². The summed E-state index contributed by atoms with van der Waals surface area (Å²) in [6.45, 7) is 6.51. The van der Waals surface area contributed by atoms with Crippen LogP contribution in [0.3, 0.4) is 0 Å². The zero-order valence-corrected chi connectivity index (χ0v) is 12.6. The van der Waals surface area contributed by atoms with E-state index in [1.165, 1.54) is 25.7 Å². The van der Waals surface area contributed by atoms with Crippen LogP contribution in [-0.2, 0) is 0 Å². The van der Waals surface area contributed by atoms with Gasteiger partial charge in [-0.25, -0.2) is 4.98 Å². The fourth-order valence-corrected chi connectivity index (χ4v) is 2.97. The molecule has 1 aromatic heterocycles. The topological polar surface area (TPSA) is 36.4 Å². The summed E-state index contributed by atoms with van der Waals surface area (Å²) in [6, 6.07) is 4.40. The van der Waals surface area contributed by atoms with Crippen LogP contribution in [0.5, 0.6) is 0 Å². The molecule has 1 aromatic rings. The van der Waals surface area contributed by atoms with Crippen LogP contribution in [0.2, 0.25) is 0 Å². The highest BCUT2D eigenvalue weighted by atomic mass is 16.3. The summed E-state index contributed by atoms with van der Waals surface area (Å²) in [6.07, 6.45) is 6.28. The van der Waals surface area contributed by atoms with Gasteiger partial charge in [-0.05, 0) is 44.1 Å². The minimum Gasteiger partial charge on any atom is -0.389 e. The third-order valence-electron chi connectivity index (χ3n) is 4.46. The lowest BCUT2D eigenvalue weighted by Crippen LogP contribution is -2.38. The van der Waals surface area contributed by atoms with Gasteiger partial charge in [0.25, 0.3) is 0 Å². The predicted molar refractivity (Wildman–Crippen MR) is 79.3 cm³/mol. The highest BCUT2D eigenvalue weighted by Gasteiger charge is 2.30. The van der Waals surface area contributed by atoms with E-state index in [0.717, 1.165) is 11.4 Å². The van der Waals surface area contributed by atoms with Crippen molar-refractivity contribution in [3.05, 3.63) is 23.9 Å². The summed E-state index contributed by atoms with van der Waals surface area (Å²) in [7, 11) is 2.11. The van der Waals surface area contributed by atoms with E-state index in [0.29, 0.717) is 11.5 Å². The number of pyridine rings is 1. The molecule has 0 aliphatic heterocycles. The summed E-state index contributed by atoms with van der Waals surface area (Å²) in [4.78, 5) is 6.74. The normalized spacial score (nSPS) is 21.1. The second-order valence-electron chi connectivity index (χ2n) is 6.60. The largest absolute Gasteiger partial charge is 0.389 e. The van der Waals surface area contributed by atoms with Crippen molar-refractivity contribution in [2.24, 2.45) is 5.41 Å². The van der Waals surface area contributed by atoms with Gasteiger partial charge in [0.2, 0.25) is 0 Å². The van der Waals surface area contributed by atoms with Crippen LogP contribution in [-0.4, -0.2) is 23.2 Å². The monoisotopic (exact) mass is 262 g/mol. The van der Waals surface area contributed by atoms with Gasteiger partial charge in [0.1, 0.15) is 5.82 Å². The quantitative estimate of drug-likeness (QED) is 0.905. The van der Waals surface area contributed by atoms with Crippen molar-refractivity contribution >= 4 is 5.82 Å². The molecule has 1 aliphatic rings. The highest BCUT2D eigenvalue weighted by molar-refractivity contribution is 5.48. The van der Waals surface area contributed by atoms with Gasteiger partial charge in [-0.1, -0.05) is 19.9 Å². The molecule has 19 heavy (non-hydrogen) atoms. The average Bonchev–Trinajstić information content (AvgIpc) is 2.38. The summed E-state index contributed by atoms with van der Waals surface area (Å²) < 4.78 is 0. The van der Waals surface area contributed by atoms with Crippen molar-refractivity contribution < 1.29 is 5.11 Å². The molecule has 1 heterocycles. The van der Waals surface area contributed by atoms with E-state index in [4.69, 9.17) is 0 Å². The molecule has 3 nitrogen and oxygen atoms in total. The standard InChI is InChI=1S/C16H26N2O/c1-12(19)14-6-5-11-17-15(14)18(4)13-7-9-16(2,3)10-8-13/h5-6,11-13,19H,7-10H2,1-4H3. The number of hydrogen-bond acceptors (Lipinski definition) is 3. The Bertz CT molecular complexity index is 419. The lowest BCUT2D eigenvalue weighted by molar-refractivity contribution is 0.197. The summed E-state index contributed by atoms with van der Waals surface area (Å²) in [5.74, 6) is 0.933. The Labute approximate surface area is 116 Å². The summed E-state index contributed by atoms with van der Waals surface area (Å²) in [5.41, 5.74) is 1.41. The third kappa shape index (κ3) is 3.27. The maximum Gasteiger partial charge on any atom is 0.134 e. The first-order valence-electron chi connectivity index (χ1n) is 7.26. The molecule has 1 atom stereocenters.